The molecule has 20 heavy (non-hydrogen) atoms. The lowest BCUT2D eigenvalue weighted by Gasteiger charge is -2.19. The molecule has 0 amide bonds. The van der Waals surface area contributed by atoms with Crippen molar-refractivity contribution in [2.45, 2.75) is 64.5 Å². The first-order chi connectivity index (χ1) is 9.69. The maximum Gasteiger partial charge on any atom is 0.119 e. The minimum atomic E-state index is 0.214. The van der Waals surface area contributed by atoms with E-state index in [4.69, 9.17) is 10.6 Å². The molecule has 1 aromatic rings. The third-order valence-electron chi connectivity index (χ3n) is 4.19. The Bertz CT molecular complexity index is 382. The lowest BCUT2D eigenvalue weighted by Crippen LogP contribution is -2.28. The van der Waals surface area contributed by atoms with Crippen LogP contribution in [0, 0.1) is 5.92 Å². The fraction of sp³-hybridized carbons (Fsp3) is 0.647. The Kier molecular flexibility index (Phi) is 5.86. The lowest BCUT2D eigenvalue weighted by molar-refractivity contribution is 0.242. The first-order valence-electron chi connectivity index (χ1n) is 7.91. The fourth-order valence-corrected chi connectivity index (χ4v) is 3.10. The molecular weight excluding hydrogens is 248 g/mol. The second-order valence-electron chi connectivity index (χ2n) is 6.18. The molecule has 3 heteroatoms. The predicted molar refractivity (Wildman–Crippen MR) is 83.5 cm³/mol. The Balaban J connectivity index is 1.89. The van der Waals surface area contributed by atoms with E-state index < -0.39 is 0 Å². The van der Waals surface area contributed by atoms with Crippen LogP contribution in [0.15, 0.2) is 24.3 Å². The van der Waals surface area contributed by atoms with E-state index in [2.05, 4.69) is 17.6 Å². The zero-order valence-electron chi connectivity index (χ0n) is 12.8. The largest absolute Gasteiger partial charge is 0.491 e. The van der Waals surface area contributed by atoms with E-state index in [0.29, 0.717) is 0 Å². The summed E-state index contributed by atoms with van der Waals surface area (Å²) in [7, 11) is 0. The molecule has 3 nitrogen and oxygen atoms in total. The van der Waals surface area contributed by atoms with E-state index >= 15 is 0 Å². The predicted octanol–water partition coefficient (Wildman–Crippen LogP) is 3.95. The SMILES string of the molecule is CC(C)Oc1ccc(C(CCC2CCCC2)NN)cc1. The highest BCUT2D eigenvalue weighted by atomic mass is 16.5. The Hall–Kier alpha value is -1.06. The molecule has 1 fully saturated rings. The molecule has 3 N–H and O–H groups in total. The summed E-state index contributed by atoms with van der Waals surface area (Å²) < 4.78 is 5.67. The van der Waals surface area contributed by atoms with E-state index in [1.165, 1.54) is 37.7 Å². The maximum absolute atomic E-state index is 5.73. The van der Waals surface area contributed by atoms with E-state index in [1.54, 1.807) is 0 Å². The fourth-order valence-electron chi connectivity index (χ4n) is 3.10. The monoisotopic (exact) mass is 276 g/mol. The summed E-state index contributed by atoms with van der Waals surface area (Å²) in [5.41, 5.74) is 4.21. The van der Waals surface area contributed by atoms with Crippen LogP contribution < -0.4 is 16.0 Å². The van der Waals surface area contributed by atoms with Gasteiger partial charge in [0.25, 0.3) is 0 Å². The minimum absolute atomic E-state index is 0.214. The zero-order valence-corrected chi connectivity index (χ0v) is 12.8. The molecule has 1 aliphatic rings. The van der Waals surface area contributed by atoms with Crippen LogP contribution in [0.2, 0.25) is 0 Å². The number of hydrogen-bond acceptors (Lipinski definition) is 3. The molecular formula is C17H28N2O. The molecule has 1 atom stereocenters. The molecule has 1 saturated carbocycles. The van der Waals surface area contributed by atoms with Gasteiger partial charge >= 0.3 is 0 Å². The first kappa shape index (κ1) is 15.3. The van der Waals surface area contributed by atoms with E-state index in [-0.39, 0.29) is 12.1 Å². The van der Waals surface area contributed by atoms with Crippen LogP contribution in [0.3, 0.4) is 0 Å². The Labute approximate surface area is 122 Å². The number of rotatable bonds is 7. The van der Waals surface area contributed by atoms with Gasteiger partial charge < -0.3 is 4.74 Å². The molecule has 0 saturated heterocycles. The quantitative estimate of drug-likeness (QED) is 0.585. The van der Waals surface area contributed by atoms with Crippen molar-refractivity contribution in [2.75, 3.05) is 0 Å². The number of nitrogens with one attached hydrogen (secondary N) is 1. The molecule has 1 unspecified atom stereocenters. The molecule has 2 rings (SSSR count). The van der Waals surface area contributed by atoms with Gasteiger partial charge in [0.05, 0.1) is 6.10 Å². The van der Waals surface area contributed by atoms with Crippen molar-refractivity contribution in [1.82, 2.24) is 5.43 Å². The third kappa shape index (κ3) is 4.50. The van der Waals surface area contributed by atoms with Crippen molar-refractivity contribution in [3.63, 3.8) is 0 Å². The van der Waals surface area contributed by atoms with E-state index in [9.17, 15) is 0 Å². The standard InChI is InChI=1S/C17H28N2O/c1-13(2)20-16-10-8-15(9-11-16)17(19-18)12-7-14-5-3-4-6-14/h8-11,13-14,17,19H,3-7,12,18H2,1-2H3. The Morgan fingerprint density at radius 2 is 1.85 bits per heavy atom. The van der Waals surface area contributed by atoms with Gasteiger partial charge in [0.15, 0.2) is 0 Å². The van der Waals surface area contributed by atoms with Gasteiger partial charge in [0.2, 0.25) is 0 Å². The average molecular weight is 276 g/mol. The molecule has 0 heterocycles. The second-order valence-corrected chi connectivity index (χ2v) is 6.18. The van der Waals surface area contributed by atoms with Crippen molar-refractivity contribution >= 4 is 0 Å². The van der Waals surface area contributed by atoms with Gasteiger partial charge in [-0.25, -0.2) is 0 Å². The van der Waals surface area contributed by atoms with Crippen LogP contribution in [-0.2, 0) is 0 Å². The number of nitrogens with two attached hydrogens (primary N) is 1. The van der Waals surface area contributed by atoms with Crippen LogP contribution in [0.4, 0.5) is 0 Å². The van der Waals surface area contributed by atoms with Gasteiger partial charge in [-0.2, -0.15) is 0 Å². The first-order valence-corrected chi connectivity index (χ1v) is 7.91. The van der Waals surface area contributed by atoms with Crippen molar-refractivity contribution in [3.8, 4) is 5.75 Å². The highest BCUT2D eigenvalue weighted by molar-refractivity contribution is 5.29. The highest BCUT2D eigenvalue weighted by Crippen LogP contribution is 2.31. The summed E-state index contributed by atoms with van der Waals surface area (Å²) in [6, 6.07) is 8.57. The van der Waals surface area contributed by atoms with Crippen LogP contribution >= 0.6 is 0 Å². The van der Waals surface area contributed by atoms with Gasteiger partial charge in [-0.3, -0.25) is 11.3 Å². The van der Waals surface area contributed by atoms with Crippen molar-refractivity contribution in [3.05, 3.63) is 29.8 Å². The average Bonchev–Trinajstić information content (AvgIpc) is 2.94. The van der Waals surface area contributed by atoms with Crippen LogP contribution in [-0.4, -0.2) is 6.10 Å². The number of benzene rings is 1. The smallest absolute Gasteiger partial charge is 0.119 e. The van der Waals surface area contributed by atoms with Gasteiger partial charge in [0, 0.05) is 6.04 Å². The number of ether oxygens (including phenoxy) is 1. The van der Waals surface area contributed by atoms with E-state index in [1.807, 2.05) is 26.0 Å². The normalized spacial score (nSPS) is 17.6. The molecule has 0 radical (unpaired) electrons. The van der Waals surface area contributed by atoms with Gasteiger partial charge in [-0.05, 0) is 50.3 Å². The van der Waals surface area contributed by atoms with Crippen LogP contribution in [0.25, 0.3) is 0 Å². The maximum atomic E-state index is 5.73. The Morgan fingerprint density at radius 1 is 1.20 bits per heavy atom. The van der Waals surface area contributed by atoms with E-state index in [0.717, 1.165) is 18.1 Å². The lowest BCUT2D eigenvalue weighted by atomic mass is 9.95. The third-order valence-corrected chi connectivity index (χ3v) is 4.19. The second kappa shape index (κ2) is 7.65. The summed E-state index contributed by atoms with van der Waals surface area (Å²) in [5.74, 6) is 7.56. The summed E-state index contributed by atoms with van der Waals surface area (Å²) >= 11 is 0. The molecule has 1 aliphatic carbocycles. The summed E-state index contributed by atoms with van der Waals surface area (Å²) in [6.45, 7) is 4.08. The summed E-state index contributed by atoms with van der Waals surface area (Å²) in [6.07, 6.45) is 8.23. The molecule has 0 spiro atoms. The van der Waals surface area contributed by atoms with Crippen LogP contribution in [0.5, 0.6) is 5.75 Å². The van der Waals surface area contributed by atoms with Gasteiger partial charge in [0.1, 0.15) is 5.75 Å². The van der Waals surface area contributed by atoms with Gasteiger partial charge in [-0.15, -0.1) is 0 Å². The van der Waals surface area contributed by atoms with Crippen molar-refractivity contribution in [2.24, 2.45) is 11.8 Å². The van der Waals surface area contributed by atoms with Crippen molar-refractivity contribution < 1.29 is 4.74 Å². The summed E-state index contributed by atoms with van der Waals surface area (Å²) in [4.78, 5) is 0. The molecule has 1 aromatic carbocycles. The minimum Gasteiger partial charge on any atom is -0.491 e. The Morgan fingerprint density at radius 3 is 2.40 bits per heavy atom. The zero-order chi connectivity index (χ0) is 14.4. The molecule has 0 aliphatic heterocycles. The highest BCUT2D eigenvalue weighted by Gasteiger charge is 2.17. The van der Waals surface area contributed by atoms with Gasteiger partial charge in [-0.1, -0.05) is 37.8 Å². The van der Waals surface area contributed by atoms with Crippen molar-refractivity contribution in [1.29, 1.82) is 0 Å². The van der Waals surface area contributed by atoms with Crippen LogP contribution in [0.1, 0.15) is 64.0 Å². The number of hydrazine groups is 1. The summed E-state index contributed by atoms with van der Waals surface area (Å²) in [5, 5.41) is 0. The molecule has 112 valence electrons. The number of hydrogen-bond donors (Lipinski definition) is 2. The molecule has 0 aromatic heterocycles. The topological polar surface area (TPSA) is 47.3 Å². The molecule has 0 bridgehead atoms.